The van der Waals surface area contributed by atoms with Crippen LogP contribution in [0.4, 0.5) is 0 Å². The van der Waals surface area contributed by atoms with Crippen molar-refractivity contribution in [1.82, 2.24) is 0 Å². The molecule has 1 aliphatic carbocycles. The summed E-state index contributed by atoms with van der Waals surface area (Å²) in [5, 5.41) is 3.12. The Hall–Kier alpha value is -2.07. The van der Waals surface area contributed by atoms with Gasteiger partial charge in [-0.25, -0.2) is 0 Å². The molecule has 0 N–H and O–H groups in total. The fourth-order valence-electron chi connectivity index (χ4n) is 1.11. The average molecular weight is 193 g/mol. The molecule has 0 bridgehead atoms. The van der Waals surface area contributed by atoms with Crippen molar-refractivity contribution >= 4 is 11.6 Å². The van der Waals surface area contributed by atoms with Crippen LogP contribution in [0.2, 0.25) is 0 Å². The van der Waals surface area contributed by atoms with E-state index in [9.17, 15) is 9.59 Å². The molecule has 1 rings (SSSR count). The molecule has 72 valence electrons. The van der Waals surface area contributed by atoms with Gasteiger partial charge in [0.2, 0.25) is 5.78 Å². The zero-order valence-electron chi connectivity index (χ0n) is 7.64. The molecule has 0 aromatic carbocycles. The van der Waals surface area contributed by atoms with Gasteiger partial charge in [0.15, 0.2) is 11.5 Å². The summed E-state index contributed by atoms with van der Waals surface area (Å²) in [6, 6.07) is 0. The molecule has 0 fully saturated rings. The Morgan fingerprint density at radius 1 is 1.50 bits per heavy atom. The minimum atomic E-state index is -0.487. The predicted molar refractivity (Wildman–Crippen MR) is 47.0 cm³/mol. The third kappa shape index (κ3) is 1.51. The summed E-state index contributed by atoms with van der Waals surface area (Å²) in [7, 11) is 1.30. The van der Waals surface area contributed by atoms with E-state index in [2.05, 4.69) is 10.0 Å². The topological polar surface area (TPSA) is 92.1 Å². The molecule has 14 heavy (non-hydrogen) atoms. The van der Waals surface area contributed by atoms with Crippen molar-refractivity contribution in [3.8, 4) is 0 Å². The van der Waals surface area contributed by atoms with Crippen molar-refractivity contribution in [3.05, 3.63) is 33.5 Å². The Kier molecular flexibility index (Phi) is 2.69. The Morgan fingerprint density at radius 3 is 2.64 bits per heavy atom. The van der Waals surface area contributed by atoms with Crippen LogP contribution in [0.5, 0.6) is 0 Å². The summed E-state index contributed by atoms with van der Waals surface area (Å²) in [6.07, 6.45) is 0.966. The molecule has 0 unspecified atom stereocenters. The van der Waals surface area contributed by atoms with Gasteiger partial charge < -0.3 is 4.74 Å². The molecular formula is C8H7N3O3. The average Bonchev–Trinajstić information content (AvgIpc) is 2.15. The predicted octanol–water partition coefficient (Wildman–Crippen LogP) is 1.25. The first-order valence-electron chi connectivity index (χ1n) is 3.72. The number of carbonyl (C=O) groups excluding carboxylic acids is 2. The van der Waals surface area contributed by atoms with Crippen LogP contribution < -0.4 is 0 Å². The van der Waals surface area contributed by atoms with Gasteiger partial charge in [-0.15, -0.1) is 0 Å². The molecule has 6 nitrogen and oxygen atoms in total. The van der Waals surface area contributed by atoms with Gasteiger partial charge in [0.25, 0.3) is 0 Å². The first kappa shape index (κ1) is 10.0. The van der Waals surface area contributed by atoms with Gasteiger partial charge in [0.05, 0.1) is 12.8 Å². The highest BCUT2D eigenvalue weighted by molar-refractivity contribution is 6.21. The molecule has 0 radical (unpaired) electrons. The third-order valence-corrected chi connectivity index (χ3v) is 1.76. The number of carbonyl (C=O) groups is 2. The lowest BCUT2D eigenvalue weighted by Gasteiger charge is -2.12. The molecule has 0 spiro atoms. The van der Waals surface area contributed by atoms with Crippen LogP contribution in [-0.4, -0.2) is 18.7 Å². The number of rotatable bonds is 2. The summed E-state index contributed by atoms with van der Waals surface area (Å²) < 4.78 is 4.74. The monoisotopic (exact) mass is 193 g/mol. The third-order valence-electron chi connectivity index (χ3n) is 1.76. The maximum Gasteiger partial charge on any atom is 0.221 e. The van der Waals surface area contributed by atoms with Gasteiger partial charge in [0, 0.05) is 16.6 Å². The molecule has 0 atom stereocenters. The Morgan fingerprint density at radius 2 is 2.14 bits per heavy atom. The highest BCUT2D eigenvalue weighted by atomic mass is 16.5. The number of hydrogen-bond acceptors (Lipinski definition) is 4. The van der Waals surface area contributed by atoms with E-state index in [-0.39, 0.29) is 17.0 Å². The lowest BCUT2D eigenvalue weighted by atomic mass is 10.0. The first-order chi connectivity index (χ1) is 6.61. The Bertz CT molecular complexity index is 414. The van der Waals surface area contributed by atoms with Crippen LogP contribution in [0.1, 0.15) is 6.92 Å². The lowest BCUT2D eigenvalue weighted by molar-refractivity contribution is -0.118. The van der Waals surface area contributed by atoms with Crippen LogP contribution >= 0.6 is 0 Å². The number of nitrogens with zero attached hydrogens (tertiary/aromatic N) is 3. The SMILES string of the molecule is COC1=C(C)C(=O)C(N=[N+]=[N-])=CC1=O. The van der Waals surface area contributed by atoms with Crippen molar-refractivity contribution in [2.45, 2.75) is 6.92 Å². The molecule has 0 saturated heterocycles. The maximum atomic E-state index is 11.4. The van der Waals surface area contributed by atoms with E-state index in [1.807, 2.05) is 0 Å². The van der Waals surface area contributed by atoms with E-state index in [0.29, 0.717) is 0 Å². The van der Waals surface area contributed by atoms with Crippen LogP contribution in [0, 0.1) is 0 Å². The lowest BCUT2D eigenvalue weighted by Crippen LogP contribution is -2.17. The molecule has 1 aliphatic rings. The van der Waals surface area contributed by atoms with Crippen LogP contribution in [0.15, 0.2) is 28.2 Å². The quantitative estimate of drug-likeness (QED) is 0.286. The van der Waals surface area contributed by atoms with Crippen LogP contribution in [0.3, 0.4) is 0 Å². The van der Waals surface area contributed by atoms with E-state index >= 15 is 0 Å². The largest absolute Gasteiger partial charge is 0.492 e. The molecule has 0 heterocycles. The van der Waals surface area contributed by atoms with Crippen LogP contribution in [-0.2, 0) is 14.3 Å². The van der Waals surface area contributed by atoms with Crippen molar-refractivity contribution in [1.29, 1.82) is 0 Å². The number of ketones is 2. The van der Waals surface area contributed by atoms with Gasteiger partial charge in [-0.2, -0.15) is 0 Å². The maximum absolute atomic E-state index is 11.4. The van der Waals surface area contributed by atoms with E-state index in [4.69, 9.17) is 10.3 Å². The van der Waals surface area contributed by atoms with Crippen molar-refractivity contribution < 1.29 is 14.3 Å². The Labute approximate surface area is 79.5 Å². The zero-order chi connectivity index (χ0) is 10.7. The summed E-state index contributed by atoms with van der Waals surface area (Å²) in [5.74, 6) is -0.960. The standard InChI is InChI=1S/C8H7N3O3/c1-4-7(13)5(10-11-9)3-6(12)8(4)14-2/h3H,1-2H3. The molecule has 6 heteroatoms. The first-order valence-corrected chi connectivity index (χ1v) is 3.72. The molecule has 0 amide bonds. The summed E-state index contributed by atoms with van der Waals surface area (Å²) >= 11 is 0. The number of ether oxygens (including phenoxy) is 1. The van der Waals surface area contributed by atoms with E-state index in [1.54, 1.807) is 0 Å². The van der Waals surface area contributed by atoms with Crippen molar-refractivity contribution in [2.75, 3.05) is 7.11 Å². The van der Waals surface area contributed by atoms with Gasteiger partial charge in [-0.3, -0.25) is 9.59 Å². The smallest absolute Gasteiger partial charge is 0.221 e. The fourth-order valence-corrected chi connectivity index (χ4v) is 1.11. The summed E-state index contributed by atoms with van der Waals surface area (Å²) in [4.78, 5) is 25.1. The minimum absolute atomic E-state index is 0.00751. The second-order valence-corrected chi connectivity index (χ2v) is 2.57. The number of Topliss-reactive ketones (excluding diaryl/α,β-unsaturated/α-hetero) is 1. The van der Waals surface area contributed by atoms with Crippen LogP contribution in [0.25, 0.3) is 10.4 Å². The molecule has 0 saturated carbocycles. The van der Waals surface area contributed by atoms with E-state index < -0.39 is 11.6 Å². The second kappa shape index (κ2) is 3.76. The molecule has 0 aromatic heterocycles. The number of hydrogen-bond donors (Lipinski definition) is 0. The minimum Gasteiger partial charge on any atom is -0.492 e. The Balaban J connectivity index is 3.21. The van der Waals surface area contributed by atoms with E-state index in [0.717, 1.165) is 6.08 Å². The molecule has 0 aliphatic heterocycles. The fraction of sp³-hybridized carbons (Fsp3) is 0.250. The van der Waals surface area contributed by atoms with Gasteiger partial charge in [-0.1, -0.05) is 5.11 Å². The van der Waals surface area contributed by atoms with Crippen molar-refractivity contribution in [2.24, 2.45) is 5.11 Å². The highest BCUT2D eigenvalue weighted by Crippen LogP contribution is 2.19. The normalized spacial score (nSPS) is 16.3. The van der Waals surface area contributed by atoms with Gasteiger partial charge in [0.1, 0.15) is 0 Å². The van der Waals surface area contributed by atoms with Gasteiger partial charge in [-0.05, 0) is 12.5 Å². The van der Waals surface area contributed by atoms with E-state index in [1.165, 1.54) is 14.0 Å². The molecular weight excluding hydrogens is 186 g/mol. The highest BCUT2D eigenvalue weighted by Gasteiger charge is 2.25. The summed E-state index contributed by atoms with van der Waals surface area (Å²) in [6.45, 7) is 1.44. The van der Waals surface area contributed by atoms with Crippen molar-refractivity contribution in [3.63, 3.8) is 0 Å². The number of allylic oxidation sites excluding steroid dienone is 2. The summed E-state index contributed by atoms with van der Waals surface area (Å²) in [5.41, 5.74) is 8.10. The molecule has 0 aromatic rings. The zero-order valence-corrected chi connectivity index (χ0v) is 7.64. The second-order valence-electron chi connectivity index (χ2n) is 2.57. The number of methoxy groups -OCH3 is 1. The van der Waals surface area contributed by atoms with Gasteiger partial charge >= 0.3 is 0 Å². The number of azide groups is 1.